The van der Waals surface area contributed by atoms with Gasteiger partial charge in [-0.15, -0.1) is 0 Å². The van der Waals surface area contributed by atoms with Gasteiger partial charge in [0.25, 0.3) is 5.91 Å². The van der Waals surface area contributed by atoms with Crippen LogP contribution in [0.5, 0.6) is 0 Å². The van der Waals surface area contributed by atoms with Gasteiger partial charge >= 0.3 is 0 Å². The van der Waals surface area contributed by atoms with Crippen LogP contribution in [0.1, 0.15) is 25.7 Å². The van der Waals surface area contributed by atoms with Crippen molar-refractivity contribution in [3.05, 3.63) is 0 Å². The largest absolute Gasteiger partial charge is 0.378 e. The van der Waals surface area contributed by atoms with E-state index in [1.807, 2.05) is 0 Å². The fourth-order valence-electron chi connectivity index (χ4n) is 2.62. The van der Waals surface area contributed by atoms with E-state index in [1.165, 1.54) is 12.8 Å². The summed E-state index contributed by atoms with van der Waals surface area (Å²) in [6.45, 7) is 1.91. The molecule has 2 aliphatic heterocycles. The Morgan fingerprint density at radius 1 is 1.59 bits per heavy atom. The van der Waals surface area contributed by atoms with Crippen LogP contribution in [0.4, 0.5) is 0 Å². The minimum atomic E-state index is -0.298. The number of hydrogen-bond acceptors (Lipinski definition) is 4. The molecule has 0 spiro atoms. The molecule has 0 radical (unpaired) electrons. The van der Waals surface area contributed by atoms with Crippen molar-refractivity contribution in [2.75, 3.05) is 26.9 Å². The molecule has 0 aromatic heterocycles. The summed E-state index contributed by atoms with van der Waals surface area (Å²) >= 11 is 0. The first-order chi connectivity index (χ1) is 8.22. The predicted molar refractivity (Wildman–Crippen MR) is 61.2 cm³/mol. The highest BCUT2D eigenvalue weighted by molar-refractivity contribution is 5.86. The van der Waals surface area contributed by atoms with E-state index in [4.69, 9.17) is 9.47 Å². The van der Waals surface area contributed by atoms with Gasteiger partial charge < -0.3 is 9.47 Å². The second-order valence-corrected chi connectivity index (χ2v) is 5.47. The summed E-state index contributed by atoms with van der Waals surface area (Å²) in [6.07, 6.45) is 4.46. The standard InChI is InChI=1S/C12H20N2O3/c1-16-12(4-5-17-8-12)7-14-11(15)10(13-14)6-9-2-3-9/h9-10,13H,2-8H2,1H3. The number of nitrogens with one attached hydrogen (secondary N) is 1. The van der Waals surface area contributed by atoms with Gasteiger partial charge in [0, 0.05) is 20.1 Å². The molecule has 2 saturated heterocycles. The lowest BCUT2D eigenvalue weighted by atomic mass is 10.0. The highest BCUT2D eigenvalue weighted by atomic mass is 16.5. The van der Waals surface area contributed by atoms with Gasteiger partial charge in [0.1, 0.15) is 11.6 Å². The molecule has 0 bridgehead atoms. The highest BCUT2D eigenvalue weighted by Gasteiger charge is 2.45. The molecule has 5 heteroatoms. The molecule has 3 rings (SSSR count). The number of amides is 1. The van der Waals surface area contributed by atoms with Gasteiger partial charge in [0.2, 0.25) is 0 Å². The third-order valence-electron chi connectivity index (χ3n) is 4.09. The van der Waals surface area contributed by atoms with E-state index in [1.54, 1.807) is 12.1 Å². The molecule has 2 unspecified atom stereocenters. The zero-order chi connectivity index (χ0) is 11.9. The van der Waals surface area contributed by atoms with Gasteiger partial charge in [0.05, 0.1) is 13.2 Å². The average Bonchev–Trinajstić information content (AvgIpc) is 3.05. The molecule has 0 aromatic carbocycles. The number of rotatable bonds is 5. The Morgan fingerprint density at radius 2 is 2.41 bits per heavy atom. The summed E-state index contributed by atoms with van der Waals surface area (Å²) in [5, 5.41) is 1.70. The fourth-order valence-corrected chi connectivity index (χ4v) is 2.62. The van der Waals surface area contributed by atoms with Crippen LogP contribution in [0, 0.1) is 5.92 Å². The van der Waals surface area contributed by atoms with Crippen LogP contribution in [0.2, 0.25) is 0 Å². The number of nitrogens with zero attached hydrogens (tertiary/aromatic N) is 1. The van der Waals surface area contributed by atoms with Crippen molar-refractivity contribution in [3.8, 4) is 0 Å². The zero-order valence-corrected chi connectivity index (χ0v) is 10.3. The summed E-state index contributed by atoms with van der Waals surface area (Å²) in [5.74, 6) is 1.00. The lowest BCUT2D eigenvalue weighted by Crippen LogP contribution is -2.69. The predicted octanol–water partition coefficient (Wildman–Crippen LogP) is 0.307. The Morgan fingerprint density at radius 3 is 2.94 bits per heavy atom. The van der Waals surface area contributed by atoms with E-state index >= 15 is 0 Å². The molecule has 1 aliphatic carbocycles. The molecule has 2 atom stereocenters. The third-order valence-corrected chi connectivity index (χ3v) is 4.09. The molecular weight excluding hydrogens is 220 g/mol. The molecule has 3 fully saturated rings. The van der Waals surface area contributed by atoms with E-state index < -0.39 is 0 Å². The summed E-state index contributed by atoms with van der Waals surface area (Å²) in [7, 11) is 1.70. The van der Waals surface area contributed by atoms with Crippen molar-refractivity contribution >= 4 is 5.91 Å². The summed E-state index contributed by atoms with van der Waals surface area (Å²) in [6, 6.07) is 0.0544. The Balaban J connectivity index is 1.51. The smallest absolute Gasteiger partial charge is 0.255 e. The average molecular weight is 240 g/mol. The Labute approximate surface area is 101 Å². The van der Waals surface area contributed by atoms with Gasteiger partial charge in [-0.3, -0.25) is 9.80 Å². The van der Waals surface area contributed by atoms with Crippen LogP contribution in [-0.4, -0.2) is 49.4 Å². The normalized spacial score (nSPS) is 37.4. The van der Waals surface area contributed by atoms with Crippen molar-refractivity contribution in [1.29, 1.82) is 0 Å². The monoisotopic (exact) mass is 240 g/mol. The Kier molecular flexibility index (Phi) is 2.84. The van der Waals surface area contributed by atoms with Crippen LogP contribution < -0.4 is 5.43 Å². The lowest BCUT2D eigenvalue weighted by molar-refractivity contribution is -0.161. The summed E-state index contributed by atoms with van der Waals surface area (Å²) < 4.78 is 10.9. The van der Waals surface area contributed by atoms with E-state index in [2.05, 4.69) is 5.43 Å². The molecule has 1 N–H and O–H groups in total. The summed E-state index contributed by atoms with van der Waals surface area (Å²) in [4.78, 5) is 11.9. The third kappa shape index (κ3) is 2.19. The maximum atomic E-state index is 11.9. The number of hydrogen-bond donors (Lipinski definition) is 1. The molecule has 2 heterocycles. The molecule has 17 heavy (non-hydrogen) atoms. The SMILES string of the molecule is COC1(CN2NC(CC3CC3)C2=O)CCOC1. The van der Waals surface area contributed by atoms with E-state index in [0.29, 0.717) is 13.2 Å². The van der Waals surface area contributed by atoms with E-state index in [0.717, 1.165) is 25.4 Å². The molecule has 0 aromatic rings. The molecule has 5 nitrogen and oxygen atoms in total. The van der Waals surface area contributed by atoms with E-state index in [9.17, 15) is 4.79 Å². The van der Waals surface area contributed by atoms with Gasteiger partial charge in [-0.05, 0) is 12.3 Å². The van der Waals surface area contributed by atoms with Gasteiger partial charge in [-0.25, -0.2) is 5.43 Å². The van der Waals surface area contributed by atoms with Crippen LogP contribution in [0.15, 0.2) is 0 Å². The zero-order valence-electron chi connectivity index (χ0n) is 10.3. The van der Waals surface area contributed by atoms with Crippen molar-refractivity contribution in [2.45, 2.75) is 37.3 Å². The first kappa shape index (κ1) is 11.4. The number of hydrazine groups is 1. The molecule has 1 saturated carbocycles. The van der Waals surface area contributed by atoms with E-state index in [-0.39, 0.29) is 17.6 Å². The number of carbonyl (C=O) groups is 1. The number of carbonyl (C=O) groups excluding carboxylic acids is 1. The minimum Gasteiger partial charge on any atom is -0.378 e. The quantitative estimate of drug-likeness (QED) is 0.751. The first-order valence-corrected chi connectivity index (χ1v) is 6.43. The van der Waals surface area contributed by atoms with Crippen molar-refractivity contribution in [3.63, 3.8) is 0 Å². The Hall–Kier alpha value is -0.650. The van der Waals surface area contributed by atoms with Crippen LogP contribution >= 0.6 is 0 Å². The second kappa shape index (κ2) is 4.23. The first-order valence-electron chi connectivity index (χ1n) is 6.43. The van der Waals surface area contributed by atoms with Crippen molar-refractivity contribution in [1.82, 2.24) is 10.4 Å². The van der Waals surface area contributed by atoms with Crippen LogP contribution in [0.25, 0.3) is 0 Å². The van der Waals surface area contributed by atoms with Crippen molar-refractivity contribution < 1.29 is 14.3 Å². The Bertz CT molecular complexity index is 311. The van der Waals surface area contributed by atoms with Gasteiger partial charge in [0.15, 0.2) is 0 Å². The number of methoxy groups -OCH3 is 1. The number of ether oxygens (including phenoxy) is 2. The van der Waals surface area contributed by atoms with Gasteiger partial charge in [-0.1, -0.05) is 12.8 Å². The molecule has 3 aliphatic rings. The fraction of sp³-hybridized carbons (Fsp3) is 0.917. The summed E-state index contributed by atoms with van der Waals surface area (Å²) in [5.41, 5.74) is 2.94. The molecular formula is C12H20N2O3. The maximum absolute atomic E-state index is 11.9. The molecule has 96 valence electrons. The maximum Gasteiger partial charge on any atom is 0.255 e. The second-order valence-electron chi connectivity index (χ2n) is 5.47. The molecule has 1 amide bonds. The van der Waals surface area contributed by atoms with Crippen LogP contribution in [0.3, 0.4) is 0 Å². The van der Waals surface area contributed by atoms with Crippen molar-refractivity contribution in [2.24, 2.45) is 5.92 Å². The van der Waals surface area contributed by atoms with Crippen LogP contribution in [-0.2, 0) is 14.3 Å². The van der Waals surface area contributed by atoms with Gasteiger partial charge in [-0.2, -0.15) is 0 Å². The highest BCUT2D eigenvalue weighted by Crippen LogP contribution is 2.35. The topological polar surface area (TPSA) is 50.8 Å². The minimum absolute atomic E-state index is 0.0544. The lowest BCUT2D eigenvalue weighted by Gasteiger charge is -2.43.